The Bertz CT molecular complexity index is 809. The molecule has 1 unspecified atom stereocenters. The number of carbonyl (C=O) groups is 2. The van der Waals surface area contributed by atoms with Gasteiger partial charge in [-0.2, -0.15) is 0 Å². The quantitative estimate of drug-likeness (QED) is 0.878. The van der Waals surface area contributed by atoms with E-state index in [1.54, 1.807) is 12.1 Å². The van der Waals surface area contributed by atoms with Crippen molar-refractivity contribution >= 4 is 23.2 Å². The van der Waals surface area contributed by atoms with E-state index in [1.807, 2.05) is 38.2 Å². The van der Waals surface area contributed by atoms with Crippen molar-refractivity contribution in [1.29, 1.82) is 0 Å². The van der Waals surface area contributed by atoms with Crippen LogP contribution in [-0.2, 0) is 16.1 Å². The summed E-state index contributed by atoms with van der Waals surface area (Å²) in [6, 6.07) is 13.3. The number of nitrogens with one attached hydrogen (secondary N) is 2. The summed E-state index contributed by atoms with van der Waals surface area (Å²) >= 11 is 0. The number of likely N-dealkylation sites (N-methyl/N-ethyl adjacent to an activating group) is 1. The van der Waals surface area contributed by atoms with Crippen molar-refractivity contribution in [3.8, 4) is 0 Å². The second-order valence-electron chi connectivity index (χ2n) is 6.36. The van der Waals surface area contributed by atoms with Crippen LogP contribution in [0.3, 0.4) is 0 Å². The van der Waals surface area contributed by atoms with Gasteiger partial charge in [0.15, 0.2) is 6.04 Å². The van der Waals surface area contributed by atoms with Crippen LogP contribution in [0, 0.1) is 5.82 Å². The van der Waals surface area contributed by atoms with E-state index < -0.39 is 0 Å². The van der Waals surface area contributed by atoms with Gasteiger partial charge in [-0.05, 0) is 31.2 Å². The average molecular weight is 342 g/mol. The summed E-state index contributed by atoms with van der Waals surface area (Å²) in [5, 5.41) is 2.78. The van der Waals surface area contributed by atoms with Gasteiger partial charge in [0.1, 0.15) is 18.9 Å². The minimum absolute atomic E-state index is 0.00737. The smallest absolute Gasteiger partial charge is 0.285 e. The third-order valence-electron chi connectivity index (χ3n) is 4.52. The molecule has 0 saturated heterocycles. The van der Waals surface area contributed by atoms with Gasteiger partial charge < -0.3 is 10.2 Å². The third kappa shape index (κ3) is 3.69. The number of nitrogens with zero attached hydrogens (tertiary/aromatic N) is 1. The number of halogens is 1. The molecule has 0 fully saturated rings. The molecular formula is C19H21FN3O2+. The molecule has 2 amide bonds. The van der Waals surface area contributed by atoms with Crippen LogP contribution in [0.5, 0.6) is 0 Å². The minimum Gasteiger partial charge on any atom is -0.324 e. The molecule has 0 aromatic heterocycles. The van der Waals surface area contributed by atoms with E-state index in [0.29, 0.717) is 17.9 Å². The van der Waals surface area contributed by atoms with Crippen molar-refractivity contribution in [3.05, 3.63) is 59.9 Å². The monoisotopic (exact) mass is 342 g/mol. The number of anilines is 2. The molecule has 0 aliphatic carbocycles. The fourth-order valence-electron chi connectivity index (χ4n) is 3.00. The lowest BCUT2D eigenvalue weighted by molar-refractivity contribution is -0.908. The van der Waals surface area contributed by atoms with E-state index in [9.17, 15) is 14.0 Å². The van der Waals surface area contributed by atoms with Crippen LogP contribution in [-0.4, -0.2) is 31.4 Å². The number of hydrogen-bond donors (Lipinski definition) is 2. The highest BCUT2D eigenvalue weighted by Crippen LogP contribution is 2.29. The standard InChI is InChI=1S/C19H20FN3O2/c1-13(22(2)11-14-6-5-7-15(20)10-14)19(25)23-12-18(24)21-16-8-3-4-9-17(16)23/h3-10,13H,11-12H2,1-2H3,(H,21,24)/p+1/t13-/m0/s1. The highest BCUT2D eigenvalue weighted by Gasteiger charge is 2.33. The molecular weight excluding hydrogens is 321 g/mol. The molecule has 130 valence electrons. The number of quaternary nitrogens is 1. The molecule has 1 aliphatic rings. The maximum Gasteiger partial charge on any atom is 0.285 e. The van der Waals surface area contributed by atoms with Gasteiger partial charge in [0.25, 0.3) is 5.91 Å². The third-order valence-corrected chi connectivity index (χ3v) is 4.52. The van der Waals surface area contributed by atoms with E-state index in [0.717, 1.165) is 10.5 Å². The number of carbonyl (C=O) groups excluding carboxylic acids is 2. The molecule has 2 N–H and O–H groups in total. The SMILES string of the molecule is C[C@@H](C(=O)N1CC(=O)Nc2ccccc21)[NH+](C)Cc1cccc(F)c1. The molecule has 1 heterocycles. The molecule has 2 atom stereocenters. The highest BCUT2D eigenvalue weighted by atomic mass is 19.1. The summed E-state index contributed by atoms with van der Waals surface area (Å²) in [4.78, 5) is 27.3. The van der Waals surface area contributed by atoms with Crippen LogP contribution in [0.1, 0.15) is 12.5 Å². The molecule has 0 radical (unpaired) electrons. The first-order valence-electron chi connectivity index (χ1n) is 8.22. The van der Waals surface area contributed by atoms with Crippen LogP contribution in [0.4, 0.5) is 15.8 Å². The molecule has 6 heteroatoms. The van der Waals surface area contributed by atoms with Gasteiger partial charge in [0.05, 0.1) is 18.4 Å². The Labute approximate surface area is 146 Å². The highest BCUT2D eigenvalue weighted by molar-refractivity contribution is 6.10. The predicted molar refractivity (Wildman–Crippen MR) is 93.9 cm³/mol. The van der Waals surface area contributed by atoms with Crippen molar-refractivity contribution in [2.45, 2.75) is 19.5 Å². The normalized spacial score (nSPS) is 16.0. The molecule has 5 nitrogen and oxygen atoms in total. The summed E-state index contributed by atoms with van der Waals surface area (Å²) in [5.41, 5.74) is 2.17. The van der Waals surface area contributed by atoms with E-state index in [1.165, 1.54) is 17.0 Å². The largest absolute Gasteiger partial charge is 0.324 e. The van der Waals surface area contributed by atoms with E-state index in [-0.39, 0.29) is 30.2 Å². The van der Waals surface area contributed by atoms with Gasteiger partial charge in [-0.15, -0.1) is 0 Å². The number of fused-ring (bicyclic) bond motifs is 1. The lowest BCUT2D eigenvalue weighted by Gasteiger charge is -2.32. The average Bonchev–Trinajstić information content (AvgIpc) is 2.59. The molecule has 3 rings (SSSR count). The van der Waals surface area contributed by atoms with Crippen molar-refractivity contribution in [3.63, 3.8) is 0 Å². The molecule has 0 bridgehead atoms. The zero-order chi connectivity index (χ0) is 18.0. The Kier molecular flexibility index (Phi) is 4.81. The van der Waals surface area contributed by atoms with Crippen LogP contribution in [0.25, 0.3) is 0 Å². The second-order valence-corrected chi connectivity index (χ2v) is 6.36. The van der Waals surface area contributed by atoms with Gasteiger partial charge in [-0.25, -0.2) is 4.39 Å². The first-order chi connectivity index (χ1) is 12.0. The molecule has 2 aromatic carbocycles. The Hall–Kier alpha value is -2.73. The maximum absolute atomic E-state index is 13.3. The van der Waals surface area contributed by atoms with Crippen molar-refractivity contribution < 1.29 is 18.9 Å². The van der Waals surface area contributed by atoms with Gasteiger partial charge in [-0.3, -0.25) is 14.5 Å². The van der Waals surface area contributed by atoms with Crippen LogP contribution >= 0.6 is 0 Å². The Morgan fingerprint density at radius 1 is 1.28 bits per heavy atom. The summed E-state index contributed by atoms with van der Waals surface area (Å²) in [5.74, 6) is -0.621. The van der Waals surface area contributed by atoms with Gasteiger partial charge in [0.2, 0.25) is 5.91 Å². The maximum atomic E-state index is 13.3. The van der Waals surface area contributed by atoms with Crippen molar-refractivity contribution in [2.24, 2.45) is 0 Å². The molecule has 25 heavy (non-hydrogen) atoms. The summed E-state index contributed by atoms with van der Waals surface area (Å²) < 4.78 is 13.3. The lowest BCUT2D eigenvalue weighted by atomic mass is 10.1. The first kappa shape index (κ1) is 17.1. The Morgan fingerprint density at radius 3 is 2.80 bits per heavy atom. The van der Waals surface area contributed by atoms with E-state index in [2.05, 4.69) is 5.32 Å². The summed E-state index contributed by atoms with van der Waals surface area (Å²) in [7, 11) is 1.89. The zero-order valence-corrected chi connectivity index (χ0v) is 14.3. The Morgan fingerprint density at radius 2 is 2.04 bits per heavy atom. The van der Waals surface area contributed by atoms with E-state index >= 15 is 0 Å². The lowest BCUT2D eigenvalue weighted by Crippen LogP contribution is -3.12. The Balaban J connectivity index is 1.77. The molecule has 0 spiro atoms. The number of para-hydroxylation sites is 2. The van der Waals surface area contributed by atoms with Crippen molar-refractivity contribution in [1.82, 2.24) is 0 Å². The fraction of sp³-hybridized carbons (Fsp3) is 0.263. The zero-order valence-electron chi connectivity index (χ0n) is 14.3. The number of hydrogen-bond acceptors (Lipinski definition) is 2. The van der Waals surface area contributed by atoms with Crippen LogP contribution in [0.15, 0.2) is 48.5 Å². The topological polar surface area (TPSA) is 53.9 Å². The number of rotatable bonds is 4. The van der Waals surface area contributed by atoms with Crippen LogP contribution in [0.2, 0.25) is 0 Å². The fourth-order valence-corrected chi connectivity index (χ4v) is 3.00. The van der Waals surface area contributed by atoms with Gasteiger partial charge in [0, 0.05) is 5.56 Å². The van der Waals surface area contributed by atoms with Crippen LogP contribution < -0.4 is 15.1 Å². The van der Waals surface area contributed by atoms with Gasteiger partial charge in [-0.1, -0.05) is 24.3 Å². The minimum atomic E-state index is -0.373. The van der Waals surface area contributed by atoms with E-state index in [4.69, 9.17) is 0 Å². The molecule has 0 saturated carbocycles. The molecule has 1 aliphatic heterocycles. The van der Waals surface area contributed by atoms with Gasteiger partial charge >= 0.3 is 0 Å². The van der Waals surface area contributed by atoms with Crippen molar-refractivity contribution in [2.75, 3.05) is 23.8 Å². The number of amides is 2. The number of benzene rings is 2. The second kappa shape index (κ2) is 7.03. The first-order valence-corrected chi connectivity index (χ1v) is 8.22. The summed E-state index contributed by atoms with van der Waals surface area (Å²) in [6.45, 7) is 2.35. The predicted octanol–water partition coefficient (Wildman–Crippen LogP) is 1.21. The summed E-state index contributed by atoms with van der Waals surface area (Å²) in [6.07, 6.45) is 0. The molecule has 2 aromatic rings.